The molecule has 0 radical (unpaired) electrons. The highest BCUT2D eigenvalue weighted by atomic mass is 19.1. The number of aliphatic hydroxyl groups excluding tert-OH is 1. The Morgan fingerprint density at radius 1 is 1.42 bits per heavy atom. The van der Waals surface area contributed by atoms with E-state index in [0.29, 0.717) is 5.75 Å². The second kappa shape index (κ2) is 7.70. The zero-order chi connectivity index (χ0) is 14.3. The first-order valence-corrected chi connectivity index (χ1v) is 5.90. The van der Waals surface area contributed by atoms with Gasteiger partial charge >= 0.3 is 0 Å². The van der Waals surface area contributed by atoms with Crippen molar-refractivity contribution in [3.8, 4) is 5.75 Å². The minimum Gasteiger partial charge on any atom is -0.481 e. The van der Waals surface area contributed by atoms with E-state index in [4.69, 9.17) is 9.47 Å². The number of hydrogen-bond acceptors (Lipinski definition) is 4. The number of rotatable bonds is 7. The number of methoxy groups -OCH3 is 1. The van der Waals surface area contributed by atoms with Crippen LogP contribution in [0.2, 0.25) is 0 Å². The largest absolute Gasteiger partial charge is 0.481 e. The number of hydrogen-bond donors (Lipinski definition) is 2. The van der Waals surface area contributed by atoms with Crippen molar-refractivity contribution >= 4 is 5.91 Å². The minimum atomic E-state index is -0.757. The first-order chi connectivity index (χ1) is 9.02. The summed E-state index contributed by atoms with van der Waals surface area (Å²) in [5.74, 6) is -0.326. The van der Waals surface area contributed by atoms with E-state index in [0.717, 1.165) is 0 Å². The van der Waals surface area contributed by atoms with Crippen LogP contribution >= 0.6 is 0 Å². The Bertz CT molecular complexity index is 396. The van der Waals surface area contributed by atoms with Crippen molar-refractivity contribution in [2.75, 3.05) is 20.3 Å². The number of benzene rings is 1. The van der Waals surface area contributed by atoms with E-state index in [1.807, 2.05) is 0 Å². The molecule has 0 saturated carbocycles. The Kier molecular flexibility index (Phi) is 6.24. The Hall–Kier alpha value is -1.66. The van der Waals surface area contributed by atoms with Crippen LogP contribution in [0.15, 0.2) is 24.3 Å². The first kappa shape index (κ1) is 15.4. The summed E-state index contributed by atoms with van der Waals surface area (Å²) in [7, 11) is 1.46. The summed E-state index contributed by atoms with van der Waals surface area (Å²) in [5.41, 5.74) is 0. The molecule has 0 saturated heterocycles. The van der Waals surface area contributed by atoms with E-state index in [9.17, 15) is 14.3 Å². The van der Waals surface area contributed by atoms with Crippen LogP contribution in [0.25, 0.3) is 0 Å². The highest BCUT2D eigenvalue weighted by molar-refractivity contribution is 5.80. The number of carbonyl (C=O) groups excluding carboxylic acids is 1. The van der Waals surface area contributed by atoms with E-state index in [-0.39, 0.29) is 24.9 Å². The number of amides is 1. The van der Waals surface area contributed by atoms with Gasteiger partial charge in [0.05, 0.1) is 12.7 Å². The summed E-state index contributed by atoms with van der Waals surface area (Å²) in [4.78, 5) is 11.7. The molecule has 6 heteroatoms. The van der Waals surface area contributed by atoms with Gasteiger partial charge in [0, 0.05) is 13.7 Å². The van der Waals surface area contributed by atoms with E-state index >= 15 is 0 Å². The van der Waals surface area contributed by atoms with Crippen LogP contribution < -0.4 is 10.1 Å². The lowest BCUT2D eigenvalue weighted by Gasteiger charge is -2.16. The van der Waals surface area contributed by atoms with Gasteiger partial charge in [0.15, 0.2) is 6.10 Å². The van der Waals surface area contributed by atoms with Gasteiger partial charge in [0.1, 0.15) is 11.6 Å². The molecule has 5 nitrogen and oxygen atoms in total. The van der Waals surface area contributed by atoms with Crippen LogP contribution in [-0.2, 0) is 9.53 Å². The zero-order valence-electron chi connectivity index (χ0n) is 10.9. The van der Waals surface area contributed by atoms with E-state index < -0.39 is 12.2 Å². The first-order valence-electron chi connectivity index (χ1n) is 5.90. The van der Waals surface area contributed by atoms with Crippen LogP contribution in [0.4, 0.5) is 4.39 Å². The monoisotopic (exact) mass is 271 g/mol. The topological polar surface area (TPSA) is 67.8 Å². The second-order valence-electron chi connectivity index (χ2n) is 4.07. The lowest BCUT2D eigenvalue weighted by molar-refractivity contribution is -0.127. The molecule has 0 aliphatic heterocycles. The average Bonchev–Trinajstić information content (AvgIpc) is 2.39. The number of aliphatic hydroxyl groups is 1. The molecule has 1 amide bonds. The predicted octanol–water partition coefficient (Wildman–Crippen LogP) is 0.716. The van der Waals surface area contributed by atoms with Gasteiger partial charge in [0.25, 0.3) is 5.91 Å². The maximum Gasteiger partial charge on any atom is 0.260 e. The lowest BCUT2D eigenvalue weighted by atomic mass is 10.3. The number of carbonyl (C=O) groups is 1. The summed E-state index contributed by atoms with van der Waals surface area (Å²) in [6.07, 6.45) is -1.49. The molecule has 19 heavy (non-hydrogen) atoms. The molecule has 1 aromatic carbocycles. The maximum absolute atomic E-state index is 12.7. The number of nitrogens with one attached hydrogen (secondary N) is 1. The number of ether oxygens (including phenoxy) is 2. The van der Waals surface area contributed by atoms with Crippen LogP contribution in [0.3, 0.4) is 0 Å². The SMILES string of the molecule is COCC(O)CNC(=O)C(C)Oc1ccc(F)cc1. The zero-order valence-corrected chi connectivity index (χ0v) is 10.9. The van der Waals surface area contributed by atoms with Gasteiger partial charge < -0.3 is 19.9 Å². The average molecular weight is 271 g/mol. The molecule has 0 spiro atoms. The second-order valence-corrected chi connectivity index (χ2v) is 4.07. The molecular formula is C13H18FNO4. The molecule has 0 heterocycles. The molecule has 2 unspecified atom stereocenters. The summed E-state index contributed by atoms with van der Waals surface area (Å²) < 4.78 is 22.8. The molecule has 1 aromatic rings. The van der Waals surface area contributed by atoms with Crippen molar-refractivity contribution in [3.63, 3.8) is 0 Å². The van der Waals surface area contributed by atoms with Crippen molar-refractivity contribution in [1.29, 1.82) is 0 Å². The minimum absolute atomic E-state index is 0.0871. The van der Waals surface area contributed by atoms with Crippen molar-refractivity contribution in [3.05, 3.63) is 30.1 Å². The molecule has 0 bridgehead atoms. The number of halogens is 1. The lowest BCUT2D eigenvalue weighted by Crippen LogP contribution is -2.41. The molecule has 2 atom stereocenters. The fraction of sp³-hybridized carbons (Fsp3) is 0.462. The maximum atomic E-state index is 12.7. The summed E-state index contributed by atoms with van der Waals surface area (Å²) in [5, 5.41) is 11.9. The summed E-state index contributed by atoms with van der Waals surface area (Å²) in [6, 6.07) is 5.39. The fourth-order valence-corrected chi connectivity index (χ4v) is 1.38. The Labute approximate surface area is 111 Å². The predicted molar refractivity (Wildman–Crippen MR) is 67.4 cm³/mol. The van der Waals surface area contributed by atoms with Gasteiger partial charge in [-0.3, -0.25) is 4.79 Å². The van der Waals surface area contributed by atoms with E-state index in [1.54, 1.807) is 6.92 Å². The molecule has 0 aliphatic carbocycles. The van der Waals surface area contributed by atoms with Crippen LogP contribution in [-0.4, -0.2) is 43.5 Å². The highest BCUT2D eigenvalue weighted by Crippen LogP contribution is 2.12. The molecule has 1 rings (SSSR count). The summed E-state index contributed by atoms with van der Waals surface area (Å²) in [6.45, 7) is 1.80. The van der Waals surface area contributed by atoms with Crippen LogP contribution in [0.1, 0.15) is 6.92 Å². The van der Waals surface area contributed by atoms with Gasteiger partial charge in [-0.25, -0.2) is 4.39 Å². The standard InChI is InChI=1S/C13H18FNO4/c1-9(13(17)15-7-11(16)8-18-2)19-12-5-3-10(14)4-6-12/h3-6,9,11,16H,7-8H2,1-2H3,(H,15,17). The van der Waals surface area contributed by atoms with Crippen molar-refractivity contribution in [2.45, 2.75) is 19.1 Å². The van der Waals surface area contributed by atoms with Crippen molar-refractivity contribution in [2.24, 2.45) is 0 Å². The van der Waals surface area contributed by atoms with E-state index in [1.165, 1.54) is 31.4 Å². The van der Waals surface area contributed by atoms with Crippen molar-refractivity contribution < 1.29 is 23.8 Å². The smallest absolute Gasteiger partial charge is 0.260 e. The summed E-state index contributed by atoms with van der Waals surface area (Å²) >= 11 is 0. The van der Waals surface area contributed by atoms with Gasteiger partial charge in [-0.05, 0) is 31.2 Å². The Morgan fingerprint density at radius 2 is 2.05 bits per heavy atom. The van der Waals surface area contributed by atoms with Crippen LogP contribution in [0, 0.1) is 5.82 Å². The van der Waals surface area contributed by atoms with Crippen molar-refractivity contribution in [1.82, 2.24) is 5.32 Å². The normalized spacial score (nSPS) is 13.7. The molecule has 0 aliphatic rings. The third kappa shape index (κ3) is 5.67. The molecular weight excluding hydrogens is 253 g/mol. The molecule has 2 N–H and O–H groups in total. The highest BCUT2D eigenvalue weighted by Gasteiger charge is 2.15. The molecule has 0 fully saturated rings. The van der Waals surface area contributed by atoms with Gasteiger partial charge in [-0.2, -0.15) is 0 Å². The van der Waals surface area contributed by atoms with Crippen LogP contribution in [0.5, 0.6) is 5.75 Å². The third-order valence-corrected chi connectivity index (χ3v) is 2.37. The van der Waals surface area contributed by atoms with E-state index in [2.05, 4.69) is 5.32 Å². The third-order valence-electron chi connectivity index (χ3n) is 2.37. The van der Waals surface area contributed by atoms with Gasteiger partial charge in [-0.1, -0.05) is 0 Å². The molecule has 106 valence electrons. The molecule has 0 aromatic heterocycles. The Balaban J connectivity index is 2.38. The van der Waals surface area contributed by atoms with Gasteiger partial charge in [0.2, 0.25) is 0 Å². The van der Waals surface area contributed by atoms with Gasteiger partial charge in [-0.15, -0.1) is 0 Å². The fourth-order valence-electron chi connectivity index (χ4n) is 1.38. The Morgan fingerprint density at radius 3 is 2.63 bits per heavy atom. The quantitative estimate of drug-likeness (QED) is 0.766.